The molecule has 0 aliphatic heterocycles. The van der Waals surface area contributed by atoms with Crippen LogP contribution in [0.15, 0.2) is 35.4 Å². The molecule has 0 saturated heterocycles. The highest BCUT2D eigenvalue weighted by Crippen LogP contribution is 2.15. The molecule has 0 fully saturated rings. The van der Waals surface area contributed by atoms with Gasteiger partial charge in [0.15, 0.2) is 0 Å². The molecule has 0 aromatic carbocycles. The van der Waals surface area contributed by atoms with Crippen LogP contribution < -0.4 is 5.56 Å². The molecule has 2 rings (SSSR count). The van der Waals surface area contributed by atoms with Crippen LogP contribution in [-0.4, -0.2) is 15.0 Å². The van der Waals surface area contributed by atoms with Crippen molar-refractivity contribution in [2.24, 2.45) is 0 Å². The van der Waals surface area contributed by atoms with Crippen molar-refractivity contribution in [3.8, 4) is 11.4 Å². The van der Waals surface area contributed by atoms with Gasteiger partial charge in [0.05, 0.1) is 5.69 Å². The van der Waals surface area contributed by atoms with Crippen LogP contribution in [0.5, 0.6) is 0 Å². The Morgan fingerprint density at radius 1 is 1.25 bits per heavy atom. The van der Waals surface area contributed by atoms with Crippen LogP contribution in [0.2, 0.25) is 0 Å². The fourth-order valence-electron chi connectivity index (χ4n) is 1.42. The highest BCUT2D eigenvalue weighted by Gasteiger charge is 2.06. The van der Waals surface area contributed by atoms with Crippen molar-refractivity contribution in [2.75, 3.05) is 0 Å². The second kappa shape index (κ2) is 4.26. The smallest absolute Gasteiger partial charge is 0.251 e. The van der Waals surface area contributed by atoms with E-state index in [1.165, 1.54) is 6.07 Å². The summed E-state index contributed by atoms with van der Waals surface area (Å²) >= 11 is 0. The summed E-state index contributed by atoms with van der Waals surface area (Å²) in [5, 5.41) is 0. The number of H-pyrrole nitrogens is 1. The quantitative estimate of drug-likeness (QED) is 0.833. The molecule has 0 amide bonds. The summed E-state index contributed by atoms with van der Waals surface area (Å²) in [6.45, 7) is 4.02. The maximum atomic E-state index is 11.5. The monoisotopic (exact) mass is 215 g/mol. The van der Waals surface area contributed by atoms with Gasteiger partial charge < -0.3 is 4.98 Å². The Morgan fingerprint density at radius 2 is 1.94 bits per heavy atom. The van der Waals surface area contributed by atoms with E-state index >= 15 is 0 Å². The van der Waals surface area contributed by atoms with E-state index in [1.54, 1.807) is 12.4 Å². The first-order valence-electron chi connectivity index (χ1n) is 5.18. The number of rotatable bonds is 2. The summed E-state index contributed by atoms with van der Waals surface area (Å²) in [5.41, 5.74) is 1.55. The van der Waals surface area contributed by atoms with Gasteiger partial charge in [-0.05, 0) is 18.1 Å². The molecule has 16 heavy (non-hydrogen) atoms. The largest absolute Gasteiger partial charge is 0.307 e. The lowest BCUT2D eigenvalue weighted by molar-refractivity contribution is 0.812. The molecule has 0 aliphatic rings. The van der Waals surface area contributed by atoms with E-state index in [2.05, 4.69) is 15.0 Å². The molecule has 0 radical (unpaired) electrons. The van der Waals surface area contributed by atoms with Crippen molar-refractivity contribution in [2.45, 2.75) is 19.8 Å². The Balaban J connectivity index is 2.54. The predicted octanol–water partition coefficient (Wildman–Crippen LogP) is 1.96. The van der Waals surface area contributed by atoms with Gasteiger partial charge in [-0.15, -0.1) is 0 Å². The van der Waals surface area contributed by atoms with Gasteiger partial charge >= 0.3 is 0 Å². The van der Waals surface area contributed by atoms with Gasteiger partial charge in [0.2, 0.25) is 0 Å². The molecule has 2 aromatic heterocycles. The van der Waals surface area contributed by atoms with Crippen molar-refractivity contribution in [1.29, 1.82) is 0 Å². The number of nitrogens with one attached hydrogen (secondary N) is 1. The SMILES string of the molecule is CC(C)c1cc(=O)[nH]c(-c2ccncc2)n1. The van der Waals surface area contributed by atoms with Gasteiger partial charge in [-0.2, -0.15) is 0 Å². The molecule has 2 aromatic rings. The summed E-state index contributed by atoms with van der Waals surface area (Å²) < 4.78 is 0. The Bertz CT molecular complexity index is 531. The van der Waals surface area contributed by atoms with Crippen LogP contribution in [0.3, 0.4) is 0 Å². The minimum absolute atomic E-state index is 0.120. The number of aromatic nitrogens is 3. The minimum atomic E-state index is -0.120. The van der Waals surface area contributed by atoms with Crippen LogP contribution in [-0.2, 0) is 0 Å². The zero-order chi connectivity index (χ0) is 11.5. The number of hydrogen-bond donors (Lipinski definition) is 1. The van der Waals surface area contributed by atoms with Crippen molar-refractivity contribution in [3.63, 3.8) is 0 Å². The van der Waals surface area contributed by atoms with Crippen molar-refractivity contribution >= 4 is 0 Å². The van der Waals surface area contributed by atoms with Gasteiger partial charge in [0.1, 0.15) is 5.82 Å². The van der Waals surface area contributed by atoms with Gasteiger partial charge in [0, 0.05) is 24.0 Å². The highest BCUT2D eigenvalue weighted by molar-refractivity contribution is 5.53. The summed E-state index contributed by atoms with van der Waals surface area (Å²) in [5.74, 6) is 0.835. The molecule has 0 bridgehead atoms. The standard InChI is InChI=1S/C12H13N3O/c1-8(2)10-7-11(16)15-12(14-10)9-3-5-13-6-4-9/h3-8H,1-2H3,(H,14,15,16). The first kappa shape index (κ1) is 10.5. The van der Waals surface area contributed by atoms with E-state index in [1.807, 2.05) is 26.0 Å². The first-order valence-corrected chi connectivity index (χ1v) is 5.18. The number of hydrogen-bond acceptors (Lipinski definition) is 3. The van der Waals surface area contributed by atoms with Crippen LogP contribution >= 0.6 is 0 Å². The lowest BCUT2D eigenvalue weighted by atomic mass is 10.1. The summed E-state index contributed by atoms with van der Waals surface area (Å²) in [6, 6.07) is 5.18. The molecule has 2 heterocycles. The molecule has 1 N–H and O–H groups in total. The molecule has 0 aliphatic carbocycles. The van der Waals surface area contributed by atoms with Crippen LogP contribution in [0.25, 0.3) is 11.4 Å². The molecule has 0 unspecified atom stereocenters. The van der Waals surface area contributed by atoms with Crippen molar-refractivity contribution < 1.29 is 0 Å². The van der Waals surface area contributed by atoms with Crippen molar-refractivity contribution in [3.05, 3.63) is 46.6 Å². The summed E-state index contributed by atoms with van der Waals surface area (Å²) in [4.78, 5) is 22.6. The number of nitrogens with zero attached hydrogens (tertiary/aromatic N) is 2. The second-order valence-electron chi connectivity index (χ2n) is 3.91. The Labute approximate surface area is 93.4 Å². The van der Waals surface area contributed by atoms with E-state index in [0.29, 0.717) is 5.82 Å². The van der Waals surface area contributed by atoms with Crippen LogP contribution in [0.1, 0.15) is 25.5 Å². The molecule has 4 nitrogen and oxygen atoms in total. The van der Waals surface area contributed by atoms with E-state index in [-0.39, 0.29) is 11.5 Å². The van der Waals surface area contributed by atoms with Gasteiger partial charge in [-0.3, -0.25) is 9.78 Å². The maximum Gasteiger partial charge on any atom is 0.251 e. The minimum Gasteiger partial charge on any atom is -0.307 e. The van der Waals surface area contributed by atoms with E-state index < -0.39 is 0 Å². The number of aromatic amines is 1. The van der Waals surface area contributed by atoms with E-state index in [9.17, 15) is 4.79 Å². The summed E-state index contributed by atoms with van der Waals surface area (Å²) in [7, 11) is 0. The fourth-order valence-corrected chi connectivity index (χ4v) is 1.42. The van der Waals surface area contributed by atoms with Crippen LogP contribution in [0, 0.1) is 0 Å². The topological polar surface area (TPSA) is 58.6 Å². The van der Waals surface area contributed by atoms with E-state index in [4.69, 9.17) is 0 Å². The lowest BCUT2D eigenvalue weighted by Crippen LogP contribution is -2.11. The average molecular weight is 215 g/mol. The van der Waals surface area contributed by atoms with Gasteiger partial charge in [-0.1, -0.05) is 13.8 Å². The van der Waals surface area contributed by atoms with Gasteiger partial charge in [0.25, 0.3) is 5.56 Å². The second-order valence-corrected chi connectivity index (χ2v) is 3.91. The fraction of sp³-hybridized carbons (Fsp3) is 0.250. The molecule has 0 spiro atoms. The van der Waals surface area contributed by atoms with Crippen molar-refractivity contribution in [1.82, 2.24) is 15.0 Å². The predicted molar refractivity (Wildman–Crippen MR) is 62.2 cm³/mol. The maximum absolute atomic E-state index is 11.5. The third-order valence-electron chi connectivity index (χ3n) is 2.31. The number of pyridine rings is 1. The zero-order valence-electron chi connectivity index (χ0n) is 9.27. The highest BCUT2D eigenvalue weighted by atomic mass is 16.1. The summed E-state index contributed by atoms with van der Waals surface area (Å²) in [6.07, 6.45) is 3.36. The Morgan fingerprint density at radius 3 is 2.56 bits per heavy atom. The first-order chi connectivity index (χ1) is 7.66. The molecular formula is C12H13N3O. The third kappa shape index (κ3) is 2.16. The Kier molecular flexibility index (Phi) is 2.81. The van der Waals surface area contributed by atoms with Gasteiger partial charge in [-0.25, -0.2) is 4.98 Å². The molecular weight excluding hydrogens is 202 g/mol. The Hall–Kier alpha value is -1.97. The van der Waals surface area contributed by atoms with Crippen LogP contribution in [0.4, 0.5) is 0 Å². The van der Waals surface area contributed by atoms with E-state index in [0.717, 1.165) is 11.3 Å². The zero-order valence-corrected chi connectivity index (χ0v) is 9.27. The molecule has 0 saturated carbocycles. The molecule has 82 valence electrons. The normalized spacial score (nSPS) is 10.7. The average Bonchev–Trinajstić information content (AvgIpc) is 2.29. The lowest BCUT2D eigenvalue weighted by Gasteiger charge is -2.06. The molecule has 4 heteroatoms. The third-order valence-corrected chi connectivity index (χ3v) is 2.31. The molecule has 0 atom stereocenters.